The van der Waals surface area contributed by atoms with Crippen LogP contribution in [0.3, 0.4) is 0 Å². The Kier molecular flexibility index (Phi) is 3.74. The number of nitrogens with two attached hydrogens (primary N) is 1. The molecule has 0 saturated heterocycles. The van der Waals surface area contributed by atoms with Gasteiger partial charge in [0.15, 0.2) is 0 Å². The number of fused-ring (bicyclic) bond motifs is 1. The molecule has 0 amide bonds. The van der Waals surface area contributed by atoms with Crippen molar-refractivity contribution in [1.29, 1.82) is 0 Å². The van der Waals surface area contributed by atoms with E-state index in [0.29, 0.717) is 0 Å². The third-order valence-electron chi connectivity index (χ3n) is 1.89. The summed E-state index contributed by atoms with van der Waals surface area (Å²) in [4.78, 5) is 1.40. The normalized spacial score (nSPS) is 10.3. The SMILES string of the molecule is Cc1cc2c(CCN)csc2s1.Cl. The molecule has 0 radical (unpaired) electrons. The van der Waals surface area contributed by atoms with Gasteiger partial charge < -0.3 is 5.73 Å². The summed E-state index contributed by atoms with van der Waals surface area (Å²) in [5.41, 5.74) is 6.94. The molecular formula is C9H12ClNS2. The maximum atomic E-state index is 5.53. The molecule has 2 N–H and O–H groups in total. The Bertz CT molecular complexity index is 391. The first-order chi connectivity index (χ1) is 5.81. The quantitative estimate of drug-likeness (QED) is 0.847. The van der Waals surface area contributed by atoms with E-state index in [1.807, 2.05) is 22.7 Å². The van der Waals surface area contributed by atoms with Crippen molar-refractivity contribution >= 4 is 44.5 Å². The van der Waals surface area contributed by atoms with E-state index in [1.54, 1.807) is 0 Å². The summed E-state index contributed by atoms with van der Waals surface area (Å²) in [5.74, 6) is 0. The topological polar surface area (TPSA) is 26.0 Å². The third-order valence-corrected chi connectivity index (χ3v) is 4.11. The van der Waals surface area contributed by atoms with E-state index in [1.165, 1.54) is 19.8 Å². The zero-order valence-electron chi connectivity index (χ0n) is 7.37. The van der Waals surface area contributed by atoms with E-state index < -0.39 is 0 Å². The summed E-state index contributed by atoms with van der Waals surface area (Å²) in [7, 11) is 0. The number of rotatable bonds is 2. The van der Waals surface area contributed by atoms with Gasteiger partial charge in [-0.15, -0.1) is 35.1 Å². The fourth-order valence-corrected chi connectivity index (χ4v) is 3.65. The molecule has 0 unspecified atom stereocenters. The zero-order valence-corrected chi connectivity index (χ0v) is 9.82. The van der Waals surface area contributed by atoms with Gasteiger partial charge in [0.25, 0.3) is 0 Å². The Hall–Kier alpha value is -0.0900. The van der Waals surface area contributed by atoms with E-state index in [-0.39, 0.29) is 12.4 Å². The molecule has 0 aromatic carbocycles. The summed E-state index contributed by atoms with van der Waals surface area (Å²) in [6.07, 6.45) is 1.01. The van der Waals surface area contributed by atoms with Crippen molar-refractivity contribution in [2.75, 3.05) is 6.54 Å². The van der Waals surface area contributed by atoms with E-state index >= 15 is 0 Å². The van der Waals surface area contributed by atoms with Crippen LogP contribution in [0.2, 0.25) is 0 Å². The minimum atomic E-state index is 0. The largest absolute Gasteiger partial charge is 0.330 e. The molecule has 0 aliphatic heterocycles. The fraction of sp³-hybridized carbons (Fsp3) is 0.333. The van der Waals surface area contributed by atoms with E-state index in [9.17, 15) is 0 Å². The van der Waals surface area contributed by atoms with Gasteiger partial charge in [0.1, 0.15) is 0 Å². The minimum Gasteiger partial charge on any atom is -0.330 e. The first-order valence-corrected chi connectivity index (χ1v) is 5.67. The lowest BCUT2D eigenvalue weighted by molar-refractivity contribution is 0.981. The molecule has 1 nitrogen and oxygen atoms in total. The van der Waals surface area contributed by atoms with Gasteiger partial charge in [-0.3, -0.25) is 0 Å². The molecule has 0 fully saturated rings. The summed E-state index contributed by atoms with van der Waals surface area (Å²) in [6.45, 7) is 2.91. The van der Waals surface area contributed by atoms with Gasteiger partial charge >= 0.3 is 0 Å². The van der Waals surface area contributed by atoms with Crippen molar-refractivity contribution in [3.8, 4) is 0 Å². The van der Waals surface area contributed by atoms with Crippen LogP contribution in [0.25, 0.3) is 9.40 Å². The van der Waals surface area contributed by atoms with Crippen LogP contribution in [0.4, 0.5) is 0 Å². The average Bonchev–Trinajstić information content (AvgIpc) is 2.52. The predicted octanol–water partition coefficient (Wildman–Crippen LogP) is 3.19. The van der Waals surface area contributed by atoms with Gasteiger partial charge in [0.2, 0.25) is 0 Å². The Labute approximate surface area is 92.0 Å². The van der Waals surface area contributed by atoms with Crippen molar-refractivity contribution in [1.82, 2.24) is 0 Å². The van der Waals surface area contributed by atoms with Gasteiger partial charge in [-0.25, -0.2) is 0 Å². The molecule has 2 aromatic rings. The smallest absolute Gasteiger partial charge is 0.0870 e. The monoisotopic (exact) mass is 233 g/mol. The lowest BCUT2D eigenvalue weighted by Crippen LogP contribution is -2.01. The number of thiophene rings is 2. The van der Waals surface area contributed by atoms with Crippen LogP contribution >= 0.6 is 35.1 Å². The van der Waals surface area contributed by atoms with Gasteiger partial charge in [0, 0.05) is 10.3 Å². The number of halogens is 1. The molecule has 2 aromatic heterocycles. The summed E-state index contributed by atoms with van der Waals surface area (Å²) < 4.78 is 1.44. The molecule has 0 spiro atoms. The van der Waals surface area contributed by atoms with Gasteiger partial charge in [-0.2, -0.15) is 0 Å². The van der Waals surface area contributed by atoms with E-state index in [2.05, 4.69) is 18.4 Å². The first kappa shape index (κ1) is 11.0. The maximum absolute atomic E-state index is 5.53. The second kappa shape index (κ2) is 4.42. The molecule has 0 saturated carbocycles. The summed E-state index contributed by atoms with van der Waals surface area (Å²) >= 11 is 3.71. The molecule has 72 valence electrons. The first-order valence-electron chi connectivity index (χ1n) is 3.98. The van der Waals surface area contributed by atoms with Crippen molar-refractivity contribution in [3.05, 3.63) is 21.9 Å². The lowest BCUT2D eigenvalue weighted by Gasteiger charge is -1.90. The van der Waals surface area contributed by atoms with Gasteiger partial charge in [0.05, 0.1) is 4.01 Å². The van der Waals surface area contributed by atoms with E-state index in [4.69, 9.17) is 5.73 Å². The second-order valence-corrected chi connectivity index (χ2v) is 5.25. The molecule has 0 bridgehead atoms. The van der Waals surface area contributed by atoms with Crippen molar-refractivity contribution in [2.24, 2.45) is 5.73 Å². The van der Waals surface area contributed by atoms with Crippen molar-refractivity contribution in [2.45, 2.75) is 13.3 Å². The highest BCUT2D eigenvalue weighted by atomic mass is 35.5. The molecule has 2 rings (SSSR count). The maximum Gasteiger partial charge on any atom is 0.0870 e. The van der Waals surface area contributed by atoms with Crippen LogP contribution in [0, 0.1) is 6.92 Å². The van der Waals surface area contributed by atoms with Crippen LogP contribution in [-0.2, 0) is 6.42 Å². The van der Waals surface area contributed by atoms with Crippen LogP contribution < -0.4 is 5.73 Å². The van der Waals surface area contributed by atoms with Crippen LogP contribution in [0.5, 0.6) is 0 Å². The molecule has 0 aliphatic carbocycles. The van der Waals surface area contributed by atoms with E-state index in [0.717, 1.165) is 13.0 Å². The molecule has 0 atom stereocenters. The minimum absolute atomic E-state index is 0. The standard InChI is InChI=1S/C9H11NS2.ClH/c1-6-4-8-7(2-3-10)5-11-9(8)12-6;/h4-5H,2-3,10H2,1H3;1H. The van der Waals surface area contributed by atoms with Crippen LogP contribution in [0.15, 0.2) is 11.4 Å². The van der Waals surface area contributed by atoms with Crippen molar-refractivity contribution < 1.29 is 0 Å². The fourth-order valence-electron chi connectivity index (χ4n) is 1.34. The molecule has 2 heterocycles. The van der Waals surface area contributed by atoms with Crippen LogP contribution in [0.1, 0.15) is 10.4 Å². The molecule has 13 heavy (non-hydrogen) atoms. The zero-order chi connectivity index (χ0) is 8.55. The van der Waals surface area contributed by atoms with Gasteiger partial charge in [-0.05, 0) is 36.9 Å². The third kappa shape index (κ3) is 2.05. The van der Waals surface area contributed by atoms with Crippen molar-refractivity contribution in [3.63, 3.8) is 0 Å². The Morgan fingerprint density at radius 2 is 2.23 bits per heavy atom. The Morgan fingerprint density at radius 1 is 1.46 bits per heavy atom. The molecule has 4 heteroatoms. The van der Waals surface area contributed by atoms with Gasteiger partial charge in [-0.1, -0.05) is 0 Å². The molecular weight excluding hydrogens is 222 g/mol. The second-order valence-electron chi connectivity index (χ2n) is 2.86. The number of hydrogen-bond acceptors (Lipinski definition) is 3. The summed E-state index contributed by atoms with van der Waals surface area (Å²) in [6, 6.07) is 2.27. The Morgan fingerprint density at radius 3 is 2.92 bits per heavy atom. The summed E-state index contributed by atoms with van der Waals surface area (Å²) in [5, 5.41) is 3.65. The highest BCUT2D eigenvalue weighted by molar-refractivity contribution is 7.37. The number of aryl methyl sites for hydroxylation is 1. The highest BCUT2D eigenvalue weighted by Gasteiger charge is 2.05. The predicted molar refractivity (Wildman–Crippen MR) is 64.4 cm³/mol. The van der Waals surface area contributed by atoms with Crippen LogP contribution in [-0.4, -0.2) is 6.54 Å². The average molecular weight is 234 g/mol. The lowest BCUT2D eigenvalue weighted by atomic mass is 10.2. The Balaban J connectivity index is 0.000000845. The highest BCUT2D eigenvalue weighted by Crippen LogP contribution is 2.33. The molecule has 0 aliphatic rings. The number of hydrogen-bond donors (Lipinski definition) is 1.